The van der Waals surface area contributed by atoms with E-state index < -0.39 is 23.0 Å². The van der Waals surface area contributed by atoms with E-state index in [-0.39, 0.29) is 6.42 Å². The minimum absolute atomic E-state index is 0.105. The van der Waals surface area contributed by atoms with E-state index in [1.54, 1.807) is 0 Å². The molecule has 1 rings (SSSR count). The van der Waals surface area contributed by atoms with Gasteiger partial charge >= 0.3 is 6.18 Å². The lowest BCUT2D eigenvalue weighted by Crippen LogP contribution is -2.48. The Morgan fingerprint density at radius 3 is 2.25 bits per heavy atom. The van der Waals surface area contributed by atoms with Gasteiger partial charge in [-0.2, -0.15) is 13.2 Å². The SMILES string of the molecule is FC(F)(F)C1CC(Cl)CNC1Cl. The summed E-state index contributed by atoms with van der Waals surface area (Å²) >= 11 is 11.0. The van der Waals surface area contributed by atoms with Crippen LogP contribution < -0.4 is 5.32 Å². The predicted molar refractivity (Wildman–Crippen MR) is 41.4 cm³/mol. The van der Waals surface area contributed by atoms with Crippen molar-refractivity contribution in [1.29, 1.82) is 0 Å². The maximum absolute atomic E-state index is 12.2. The quantitative estimate of drug-likeness (QED) is 0.490. The monoisotopic (exact) mass is 221 g/mol. The van der Waals surface area contributed by atoms with Crippen molar-refractivity contribution in [3.05, 3.63) is 0 Å². The van der Waals surface area contributed by atoms with E-state index in [1.807, 2.05) is 0 Å². The van der Waals surface area contributed by atoms with E-state index in [0.29, 0.717) is 6.54 Å². The molecule has 0 bridgehead atoms. The summed E-state index contributed by atoms with van der Waals surface area (Å²) < 4.78 is 36.5. The van der Waals surface area contributed by atoms with Gasteiger partial charge in [-0.1, -0.05) is 0 Å². The normalized spacial score (nSPS) is 38.2. The van der Waals surface area contributed by atoms with Gasteiger partial charge in [-0.25, -0.2) is 0 Å². The van der Waals surface area contributed by atoms with Gasteiger partial charge < -0.3 is 0 Å². The summed E-state index contributed by atoms with van der Waals surface area (Å²) in [6.07, 6.45) is -4.36. The lowest BCUT2D eigenvalue weighted by Gasteiger charge is -2.32. The topological polar surface area (TPSA) is 12.0 Å². The van der Waals surface area contributed by atoms with Gasteiger partial charge in [-0.05, 0) is 6.42 Å². The second-order valence-electron chi connectivity index (χ2n) is 2.79. The first kappa shape index (κ1) is 10.4. The largest absolute Gasteiger partial charge is 0.394 e. The van der Waals surface area contributed by atoms with Gasteiger partial charge in [0, 0.05) is 11.9 Å². The van der Waals surface area contributed by atoms with Gasteiger partial charge in [0.05, 0.1) is 11.4 Å². The predicted octanol–water partition coefficient (Wildman–Crippen LogP) is 2.33. The molecule has 1 aliphatic heterocycles. The number of halogens is 5. The molecule has 1 nitrogen and oxygen atoms in total. The smallest absolute Gasteiger partial charge is 0.299 e. The van der Waals surface area contributed by atoms with E-state index >= 15 is 0 Å². The van der Waals surface area contributed by atoms with Crippen LogP contribution in [0, 0.1) is 5.92 Å². The van der Waals surface area contributed by atoms with E-state index in [2.05, 4.69) is 5.32 Å². The Kier molecular flexibility index (Phi) is 3.12. The minimum Gasteiger partial charge on any atom is -0.299 e. The highest BCUT2D eigenvalue weighted by Gasteiger charge is 2.46. The number of nitrogens with one attached hydrogen (secondary N) is 1. The molecule has 0 aromatic carbocycles. The molecule has 0 amide bonds. The number of rotatable bonds is 0. The molecule has 3 atom stereocenters. The van der Waals surface area contributed by atoms with Crippen LogP contribution in [0.2, 0.25) is 0 Å². The fraction of sp³-hybridized carbons (Fsp3) is 1.00. The molecule has 6 heteroatoms. The first-order valence-electron chi connectivity index (χ1n) is 3.49. The molecule has 1 heterocycles. The molecule has 0 aliphatic carbocycles. The third-order valence-corrected chi connectivity index (χ3v) is 2.61. The molecule has 1 aliphatic rings. The highest BCUT2D eigenvalue weighted by Crippen LogP contribution is 2.36. The number of piperidine rings is 1. The van der Waals surface area contributed by atoms with Crippen LogP contribution in [0.5, 0.6) is 0 Å². The Balaban J connectivity index is 2.61. The van der Waals surface area contributed by atoms with Gasteiger partial charge in [0.2, 0.25) is 0 Å². The van der Waals surface area contributed by atoms with Crippen LogP contribution in [0.15, 0.2) is 0 Å². The first-order chi connectivity index (χ1) is 5.41. The zero-order valence-electron chi connectivity index (χ0n) is 6.04. The van der Waals surface area contributed by atoms with Crippen molar-refractivity contribution >= 4 is 23.2 Å². The van der Waals surface area contributed by atoms with Crippen LogP contribution in [0.4, 0.5) is 13.2 Å². The van der Waals surface area contributed by atoms with Crippen molar-refractivity contribution in [1.82, 2.24) is 5.32 Å². The van der Waals surface area contributed by atoms with Crippen molar-refractivity contribution in [3.63, 3.8) is 0 Å². The Bertz CT molecular complexity index is 161. The molecule has 12 heavy (non-hydrogen) atoms. The summed E-state index contributed by atoms with van der Waals surface area (Å²) in [6.45, 7) is 0.336. The molecule has 1 N–H and O–H groups in total. The Morgan fingerprint density at radius 2 is 1.83 bits per heavy atom. The summed E-state index contributed by atoms with van der Waals surface area (Å²) in [5, 5.41) is 2.02. The van der Waals surface area contributed by atoms with Crippen LogP contribution in [0.25, 0.3) is 0 Å². The Morgan fingerprint density at radius 1 is 1.25 bits per heavy atom. The van der Waals surface area contributed by atoms with Crippen molar-refractivity contribution in [2.45, 2.75) is 23.5 Å². The van der Waals surface area contributed by atoms with Crippen molar-refractivity contribution in [2.75, 3.05) is 6.54 Å². The molecule has 1 saturated heterocycles. The highest BCUT2D eigenvalue weighted by molar-refractivity contribution is 6.22. The van der Waals surface area contributed by atoms with Crippen LogP contribution in [0.1, 0.15) is 6.42 Å². The lowest BCUT2D eigenvalue weighted by atomic mass is 9.98. The summed E-state index contributed by atoms with van der Waals surface area (Å²) in [4.78, 5) is 0. The summed E-state index contributed by atoms with van der Waals surface area (Å²) in [6, 6.07) is 0. The molecule has 0 saturated carbocycles. The van der Waals surface area contributed by atoms with Crippen molar-refractivity contribution in [3.8, 4) is 0 Å². The van der Waals surface area contributed by atoms with Crippen molar-refractivity contribution in [2.24, 2.45) is 5.92 Å². The van der Waals surface area contributed by atoms with Gasteiger partial charge in [0.15, 0.2) is 0 Å². The molecular weight excluding hydrogens is 214 g/mol. The van der Waals surface area contributed by atoms with Gasteiger partial charge in [-0.15, -0.1) is 23.2 Å². The summed E-state index contributed by atoms with van der Waals surface area (Å²) in [5.74, 6) is -1.53. The molecule has 72 valence electrons. The lowest BCUT2D eigenvalue weighted by molar-refractivity contribution is -0.181. The standard InChI is InChI=1S/C6H8Cl2F3N/c7-3-1-4(6(9,10)11)5(8)12-2-3/h3-5,12H,1-2H2. The maximum Gasteiger partial charge on any atom is 0.394 e. The molecule has 0 radical (unpaired) electrons. The summed E-state index contributed by atoms with van der Waals surface area (Å²) in [7, 11) is 0. The Labute approximate surface area is 78.2 Å². The van der Waals surface area contributed by atoms with E-state index in [0.717, 1.165) is 0 Å². The van der Waals surface area contributed by atoms with Gasteiger partial charge in [-0.3, -0.25) is 5.32 Å². The zero-order chi connectivity index (χ0) is 9.35. The fourth-order valence-corrected chi connectivity index (χ4v) is 1.78. The molecule has 0 aromatic rings. The molecule has 1 fully saturated rings. The molecular formula is C6H8Cl2F3N. The number of hydrogen-bond acceptors (Lipinski definition) is 1. The first-order valence-corrected chi connectivity index (χ1v) is 4.37. The summed E-state index contributed by atoms with van der Waals surface area (Å²) in [5.41, 5.74) is -1.04. The second-order valence-corrected chi connectivity index (χ2v) is 3.88. The van der Waals surface area contributed by atoms with Crippen LogP contribution in [0.3, 0.4) is 0 Å². The number of hydrogen-bond donors (Lipinski definition) is 1. The van der Waals surface area contributed by atoms with Crippen molar-refractivity contribution < 1.29 is 13.2 Å². The second kappa shape index (κ2) is 3.60. The average Bonchev–Trinajstić information content (AvgIpc) is 1.92. The third kappa shape index (κ3) is 2.41. The van der Waals surface area contributed by atoms with Crippen LogP contribution >= 0.6 is 23.2 Å². The molecule has 3 unspecified atom stereocenters. The van der Waals surface area contributed by atoms with Gasteiger partial charge in [0.1, 0.15) is 0 Å². The third-order valence-electron chi connectivity index (χ3n) is 1.82. The highest BCUT2D eigenvalue weighted by atomic mass is 35.5. The minimum atomic E-state index is -4.26. The molecule has 0 spiro atoms. The van der Waals surface area contributed by atoms with E-state index in [9.17, 15) is 13.2 Å². The van der Waals surface area contributed by atoms with Crippen LogP contribution in [-0.2, 0) is 0 Å². The number of alkyl halides is 5. The Hall–Kier alpha value is 0.330. The van der Waals surface area contributed by atoms with E-state index in [4.69, 9.17) is 23.2 Å². The zero-order valence-corrected chi connectivity index (χ0v) is 7.55. The van der Waals surface area contributed by atoms with Crippen LogP contribution in [-0.4, -0.2) is 23.6 Å². The average molecular weight is 222 g/mol. The fourth-order valence-electron chi connectivity index (χ4n) is 1.16. The van der Waals surface area contributed by atoms with E-state index in [1.165, 1.54) is 0 Å². The van der Waals surface area contributed by atoms with Gasteiger partial charge in [0.25, 0.3) is 0 Å². The maximum atomic E-state index is 12.2. The molecule has 0 aromatic heterocycles.